The van der Waals surface area contributed by atoms with Crippen molar-refractivity contribution in [3.8, 4) is 0 Å². The van der Waals surface area contributed by atoms with E-state index >= 15 is 0 Å². The molecule has 0 radical (unpaired) electrons. The number of carbonyl (C=O) groups is 1. The van der Waals surface area contributed by atoms with Crippen LogP contribution in [-0.2, 0) is 0 Å². The van der Waals surface area contributed by atoms with E-state index in [1.54, 1.807) is 12.1 Å². The second-order valence-electron chi connectivity index (χ2n) is 4.39. The van der Waals surface area contributed by atoms with E-state index in [1.165, 1.54) is 18.6 Å². The van der Waals surface area contributed by atoms with Crippen molar-refractivity contribution in [1.82, 2.24) is 0 Å². The molecule has 0 saturated carbocycles. The zero-order valence-electron chi connectivity index (χ0n) is 9.90. The van der Waals surface area contributed by atoms with Crippen LogP contribution in [0.15, 0.2) is 18.2 Å². The van der Waals surface area contributed by atoms with Gasteiger partial charge in [0.2, 0.25) is 0 Å². The normalized spacial score (nSPS) is 19.9. The zero-order chi connectivity index (χ0) is 12.3. The Morgan fingerprint density at radius 1 is 1.53 bits per heavy atom. The topological polar surface area (TPSA) is 49.3 Å². The molecule has 1 fully saturated rings. The van der Waals surface area contributed by atoms with Crippen LogP contribution in [-0.4, -0.2) is 28.6 Å². The Bertz CT molecular complexity index is 414. The number of aryl methyl sites for hydroxylation is 1. The monoisotopic (exact) mass is 251 g/mol. The molecular weight excluding hydrogens is 234 g/mol. The fourth-order valence-electron chi connectivity index (χ4n) is 2.03. The van der Waals surface area contributed by atoms with Crippen molar-refractivity contribution in [3.63, 3.8) is 0 Å². The second-order valence-corrected chi connectivity index (χ2v) is 5.54. The predicted molar refractivity (Wildman–Crippen MR) is 72.1 cm³/mol. The lowest BCUT2D eigenvalue weighted by atomic mass is 10.1. The summed E-state index contributed by atoms with van der Waals surface area (Å²) in [5.74, 6) is 1.53. The molecule has 1 atom stereocenters. The van der Waals surface area contributed by atoms with Crippen LogP contribution in [0.5, 0.6) is 0 Å². The lowest BCUT2D eigenvalue weighted by Crippen LogP contribution is -2.26. The predicted octanol–water partition coefficient (Wildman–Crippen LogP) is 3.00. The van der Waals surface area contributed by atoms with E-state index < -0.39 is 5.97 Å². The highest BCUT2D eigenvalue weighted by molar-refractivity contribution is 7.99. The Balaban J connectivity index is 2.08. The Morgan fingerprint density at radius 3 is 2.94 bits per heavy atom. The van der Waals surface area contributed by atoms with E-state index in [1.807, 2.05) is 24.8 Å². The number of aromatic carboxylic acids is 1. The zero-order valence-corrected chi connectivity index (χ0v) is 10.7. The van der Waals surface area contributed by atoms with Crippen molar-refractivity contribution >= 4 is 23.4 Å². The van der Waals surface area contributed by atoms with E-state index in [9.17, 15) is 4.79 Å². The molecule has 0 amide bonds. The van der Waals surface area contributed by atoms with Gasteiger partial charge in [-0.05, 0) is 49.3 Å². The van der Waals surface area contributed by atoms with Crippen LogP contribution in [0.1, 0.15) is 28.8 Å². The van der Waals surface area contributed by atoms with Gasteiger partial charge < -0.3 is 10.4 Å². The number of hydrogen-bond donors (Lipinski definition) is 2. The van der Waals surface area contributed by atoms with Crippen molar-refractivity contribution in [2.75, 3.05) is 16.8 Å². The molecule has 1 unspecified atom stereocenters. The Morgan fingerprint density at radius 2 is 2.35 bits per heavy atom. The first-order valence-electron chi connectivity index (χ1n) is 5.85. The number of anilines is 1. The van der Waals surface area contributed by atoms with Gasteiger partial charge in [-0.25, -0.2) is 4.79 Å². The smallest absolute Gasteiger partial charge is 0.335 e. The van der Waals surface area contributed by atoms with Gasteiger partial charge in [-0.15, -0.1) is 0 Å². The Kier molecular flexibility index (Phi) is 3.94. The third-order valence-corrected chi connectivity index (χ3v) is 4.21. The summed E-state index contributed by atoms with van der Waals surface area (Å²) in [6, 6.07) is 5.77. The lowest BCUT2D eigenvalue weighted by Gasteiger charge is -2.24. The molecule has 0 bridgehead atoms. The van der Waals surface area contributed by atoms with E-state index in [4.69, 9.17) is 5.11 Å². The first kappa shape index (κ1) is 12.3. The van der Waals surface area contributed by atoms with Gasteiger partial charge in [0.25, 0.3) is 0 Å². The largest absolute Gasteiger partial charge is 0.478 e. The maximum Gasteiger partial charge on any atom is 0.335 e. The van der Waals surface area contributed by atoms with Crippen LogP contribution >= 0.6 is 11.8 Å². The quantitative estimate of drug-likeness (QED) is 0.867. The molecule has 0 spiro atoms. The minimum absolute atomic E-state index is 0.353. The molecule has 1 saturated heterocycles. The summed E-state index contributed by atoms with van der Waals surface area (Å²) >= 11 is 1.98. The number of thioether (sulfide) groups is 1. The third-order valence-electron chi connectivity index (χ3n) is 2.99. The Hall–Kier alpha value is -1.16. The highest BCUT2D eigenvalue weighted by Crippen LogP contribution is 2.23. The van der Waals surface area contributed by atoms with E-state index in [0.717, 1.165) is 17.0 Å². The minimum atomic E-state index is -0.868. The van der Waals surface area contributed by atoms with Gasteiger partial charge in [-0.2, -0.15) is 11.8 Å². The summed E-state index contributed by atoms with van der Waals surface area (Å²) in [6.07, 6.45) is 2.46. The van der Waals surface area contributed by atoms with Crippen LogP contribution in [0.4, 0.5) is 5.69 Å². The number of hydrogen-bond acceptors (Lipinski definition) is 3. The number of carboxylic acid groups (broad SMARTS) is 1. The molecule has 1 aromatic rings. The molecule has 4 heteroatoms. The van der Waals surface area contributed by atoms with Gasteiger partial charge >= 0.3 is 5.97 Å². The SMILES string of the molecule is Cc1cc(C(=O)O)ccc1NC1CCCSC1. The molecule has 17 heavy (non-hydrogen) atoms. The molecule has 2 N–H and O–H groups in total. The molecule has 1 aromatic carbocycles. The van der Waals surface area contributed by atoms with Crippen LogP contribution in [0, 0.1) is 6.92 Å². The molecule has 0 aliphatic carbocycles. The molecule has 1 heterocycles. The van der Waals surface area contributed by atoms with Crippen LogP contribution in [0.2, 0.25) is 0 Å². The minimum Gasteiger partial charge on any atom is -0.478 e. The van der Waals surface area contributed by atoms with Crippen LogP contribution < -0.4 is 5.32 Å². The first-order valence-corrected chi connectivity index (χ1v) is 7.00. The second kappa shape index (κ2) is 5.45. The third kappa shape index (κ3) is 3.16. The molecule has 92 valence electrons. The highest BCUT2D eigenvalue weighted by atomic mass is 32.2. The number of benzene rings is 1. The maximum atomic E-state index is 10.8. The number of carboxylic acids is 1. The number of rotatable bonds is 3. The van der Waals surface area contributed by atoms with Gasteiger partial charge in [0.05, 0.1) is 5.56 Å². The molecule has 0 aromatic heterocycles. The molecule has 1 aliphatic heterocycles. The average Bonchev–Trinajstić information content (AvgIpc) is 2.33. The standard InChI is InChI=1S/C13H17NO2S/c1-9-7-10(13(15)16)4-5-12(9)14-11-3-2-6-17-8-11/h4-5,7,11,14H,2-3,6,8H2,1H3,(H,15,16). The maximum absolute atomic E-state index is 10.8. The van der Waals surface area contributed by atoms with Gasteiger partial charge in [0, 0.05) is 17.5 Å². The molecule has 2 rings (SSSR count). The van der Waals surface area contributed by atoms with Crippen molar-refractivity contribution in [3.05, 3.63) is 29.3 Å². The average molecular weight is 251 g/mol. The molecule has 3 nitrogen and oxygen atoms in total. The molecule has 1 aliphatic rings. The van der Waals surface area contributed by atoms with Crippen LogP contribution in [0.3, 0.4) is 0 Å². The van der Waals surface area contributed by atoms with Crippen molar-refractivity contribution in [2.24, 2.45) is 0 Å². The van der Waals surface area contributed by atoms with E-state index in [2.05, 4.69) is 5.32 Å². The summed E-state index contributed by atoms with van der Waals surface area (Å²) in [6.45, 7) is 1.95. The first-order chi connectivity index (χ1) is 8.16. The van der Waals surface area contributed by atoms with Crippen LogP contribution in [0.25, 0.3) is 0 Å². The van der Waals surface area contributed by atoms with Gasteiger partial charge in [-0.3, -0.25) is 0 Å². The van der Waals surface area contributed by atoms with Gasteiger partial charge in [-0.1, -0.05) is 0 Å². The van der Waals surface area contributed by atoms with Gasteiger partial charge in [0.15, 0.2) is 0 Å². The fraction of sp³-hybridized carbons (Fsp3) is 0.462. The van der Waals surface area contributed by atoms with E-state index in [0.29, 0.717) is 11.6 Å². The summed E-state index contributed by atoms with van der Waals surface area (Å²) in [5.41, 5.74) is 2.41. The van der Waals surface area contributed by atoms with Crippen molar-refractivity contribution in [2.45, 2.75) is 25.8 Å². The summed E-state index contributed by atoms with van der Waals surface area (Å²) < 4.78 is 0. The lowest BCUT2D eigenvalue weighted by molar-refractivity contribution is 0.0697. The van der Waals surface area contributed by atoms with Crippen molar-refractivity contribution < 1.29 is 9.90 Å². The van der Waals surface area contributed by atoms with Gasteiger partial charge in [0.1, 0.15) is 0 Å². The Labute approximate surface area is 106 Å². The van der Waals surface area contributed by atoms with E-state index in [-0.39, 0.29) is 0 Å². The summed E-state index contributed by atoms with van der Waals surface area (Å²) in [7, 11) is 0. The summed E-state index contributed by atoms with van der Waals surface area (Å²) in [4.78, 5) is 10.8. The fourth-order valence-corrected chi connectivity index (χ4v) is 3.11. The summed E-state index contributed by atoms with van der Waals surface area (Å²) in [5, 5.41) is 12.4. The molecular formula is C13H17NO2S. The number of nitrogens with one attached hydrogen (secondary N) is 1. The van der Waals surface area contributed by atoms with Crippen molar-refractivity contribution in [1.29, 1.82) is 0 Å². The highest BCUT2D eigenvalue weighted by Gasteiger charge is 2.14.